The molecule has 0 saturated heterocycles. The highest BCUT2D eigenvalue weighted by Gasteiger charge is 2.26. The van der Waals surface area contributed by atoms with Gasteiger partial charge in [-0.2, -0.15) is 0 Å². The molecule has 0 aliphatic carbocycles. The molecule has 128 valence electrons. The summed E-state index contributed by atoms with van der Waals surface area (Å²) in [4.78, 5) is 16.5. The summed E-state index contributed by atoms with van der Waals surface area (Å²) >= 11 is 0. The third-order valence-electron chi connectivity index (χ3n) is 4.48. The van der Waals surface area contributed by atoms with Crippen LogP contribution < -0.4 is 0 Å². The Balaban J connectivity index is 1.88. The van der Waals surface area contributed by atoms with Crippen LogP contribution in [0.2, 0.25) is 0 Å². The van der Waals surface area contributed by atoms with E-state index in [1.165, 1.54) is 16.3 Å². The molecule has 25 heavy (non-hydrogen) atoms. The molecule has 0 aliphatic heterocycles. The predicted octanol–water partition coefficient (Wildman–Crippen LogP) is 4.10. The normalized spacial score (nSPS) is 12.3. The SMILES string of the molecule is CN(C)C(=O)[C@@H](c1ccccc1)N(C)Cc1ccc2ccccc2c1. The minimum atomic E-state index is -0.289. The van der Waals surface area contributed by atoms with Gasteiger partial charge in [-0.25, -0.2) is 0 Å². The lowest BCUT2D eigenvalue weighted by Gasteiger charge is -2.29. The van der Waals surface area contributed by atoms with E-state index in [1.807, 2.05) is 51.5 Å². The molecule has 0 aromatic heterocycles. The second kappa shape index (κ2) is 7.49. The van der Waals surface area contributed by atoms with Crippen LogP contribution in [0.15, 0.2) is 72.8 Å². The van der Waals surface area contributed by atoms with E-state index in [4.69, 9.17) is 0 Å². The molecule has 0 heterocycles. The van der Waals surface area contributed by atoms with Crippen LogP contribution in [0, 0.1) is 0 Å². The van der Waals surface area contributed by atoms with Crippen LogP contribution in [0.4, 0.5) is 0 Å². The molecule has 1 amide bonds. The molecule has 0 saturated carbocycles. The number of likely N-dealkylation sites (N-methyl/N-ethyl adjacent to an activating group) is 2. The number of hydrogen-bond acceptors (Lipinski definition) is 2. The van der Waals surface area contributed by atoms with Crippen LogP contribution in [0.25, 0.3) is 10.8 Å². The molecule has 0 N–H and O–H groups in total. The van der Waals surface area contributed by atoms with Crippen molar-refractivity contribution in [2.75, 3.05) is 21.1 Å². The molecule has 0 unspecified atom stereocenters. The molecule has 3 aromatic carbocycles. The molecule has 0 bridgehead atoms. The average molecular weight is 332 g/mol. The van der Waals surface area contributed by atoms with Crippen molar-refractivity contribution < 1.29 is 4.79 Å². The lowest BCUT2D eigenvalue weighted by Crippen LogP contribution is -2.37. The monoisotopic (exact) mass is 332 g/mol. The molecule has 0 spiro atoms. The fraction of sp³-hybridized carbons (Fsp3) is 0.227. The maximum absolute atomic E-state index is 12.8. The first-order valence-corrected chi connectivity index (χ1v) is 8.50. The molecule has 0 radical (unpaired) electrons. The van der Waals surface area contributed by atoms with Gasteiger partial charge >= 0.3 is 0 Å². The minimum absolute atomic E-state index is 0.0921. The highest BCUT2D eigenvalue weighted by molar-refractivity contribution is 5.84. The Morgan fingerprint density at radius 1 is 0.840 bits per heavy atom. The number of hydrogen-bond donors (Lipinski definition) is 0. The Morgan fingerprint density at radius 3 is 2.16 bits per heavy atom. The second-order valence-electron chi connectivity index (χ2n) is 6.64. The summed E-state index contributed by atoms with van der Waals surface area (Å²) in [6.07, 6.45) is 0. The molecular weight excluding hydrogens is 308 g/mol. The number of nitrogens with zero attached hydrogens (tertiary/aromatic N) is 2. The zero-order chi connectivity index (χ0) is 17.8. The number of fused-ring (bicyclic) bond motifs is 1. The largest absolute Gasteiger partial charge is 0.347 e. The highest BCUT2D eigenvalue weighted by atomic mass is 16.2. The van der Waals surface area contributed by atoms with E-state index >= 15 is 0 Å². The Hall–Kier alpha value is -2.65. The predicted molar refractivity (Wildman–Crippen MR) is 103 cm³/mol. The number of rotatable bonds is 5. The first kappa shape index (κ1) is 17.2. The summed E-state index contributed by atoms with van der Waals surface area (Å²) in [6.45, 7) is 0.712. The van der Waals surface area contributed by atoms with Crippen molar-refractivity contribution in [1.82, 2.24) is 9.80 Å². The van der Waals surface area contributed by atoms with Gasteiger partial charge in [0.2, 0.25) is 5.91 Å². The molecule has 3 rings (SSSR count). The maximum atomic E-state index is 12.8. The van der Waals surface area contributed by atoms with Crippen molar-refractivity contribution >= 4 is 16.7 Å². The Kier molecular flexibility index (Phi) is 5.15. The van der Waals surface area contributed by atoms with E-state index in [0.717, 1.165) is 5.56 Å². The summed E-state index contributed by atoms with van der Waals surface area (Å²) in [5.41, 5.74) is 2.22. The molecule has 3 nitrogen and oxygen atoms in total. The van der Waals surface area contributed by atoms with E-state index in [-0.39, 0.29) is 11.9 Å². The standard InChI is InChI=1S/C22H24N2O/c1-23(2)22(25)21(19-10-5-4-6-11-19)24(3)16-17-13-14-18-9-7-8-12-20(18)15-17/h4-15,21H,16H2,1-3H3/t21-/m1/s1. The molecule has 1 atom stereocenters. The fourth-order valence-corrected chi connectivity index (χ4v) is 3.18. The van der Waals surface area contributed by atoms with E-state index in [0.29, 0.717) is 6.54 Å². The summed E-state index contributed by atoms with van der Waals surface area (Å²) in [6, 6.07) is 24.5. The van der Waals surface area contributed by atoms with Crippen molar-refractivity contribution in [3.63, 3.8) is 0 Å². The topological polar surface area (TPSA) is 23.6 Å². The first-order chi connectivity index (χ1) is 12.1. The van der Waals surface area contributed by atoms with Crippen LogP contribution in [-0.4, -0.2) is 36.9 Å². The van der Waals surface area contributed by atoms with Crippen molar-refractivity contribution in [3.8, 4) is 0 Å². The van der Waals surface area contributed by atoms with Gasteiger partial charge in [0.05, 0.1) is 0 Å². The van der Waals surface area contributed by atoms with E-state index in [2.05, 4.69) is 47.4 Å². The van der Waals surface area contributed by atoms with Gasteiger partial charge in [0.15, 0.2) is 0 Å². The molecular formula is C22H24N2O. The quantitative estimate of drug-likeness (QED) is 0.702. The van der Waals surface area contributed by atoms with Crippen LogP contribution >= 0.6 is 0 Å². The number of amides is 1. The van der Waals surface area contributed by atoms with Crippen LogP contribution in [0.5, 0.6) is 0 Å². The van der Waals surface area contributed by atoms with Gasteiger partial charge in [-0.05, 0) is 35.0 Å². The molecule has 3 heteroatoms. The van der Waals surface area contributed by atoms with Crippen molar-refractivity contribution in [3.05, 3.63) is 83.9 Å². The first-order valence-electron chi connectivity index (χ1n) is 8.50. The third kappa shape index (κ3) is 3.89. The van der Waals surface area contributed by atoms with Crippen LogP contribution in [0.3, 0.4) is 0 Å². The molecule has 3 aromatic rings. The maximum Gasteiger partial charge on any atom is 0.244 e. The van der Waals surface area contributed by atoms with Crippen LogP contribution in [-0.2, 0) is 11.3 Å². The smallest absolute Gasteiger partial charge is 0.244 e. The van der Waals surface area contributed by atoms with Crippen molar-refractivity contribution in [2.24, 2.45) is 0 Å². The van der Waals surface area contributed by atoms with Crippen molar-refractivity contribution in [1.29, 1.82) is 0 Å². The van der Waals surface area contributed by atoms with Crippen molar-refractivity contribution in [2.45, 2.75) is 12.6 Å². The van der Waals surface area contributed by atoms with E-state index in [9.17, 15) is 4.79 Å². The van der Waals surface area contributed by atoms with Gasteiger partial charge in [-0.15, -0.1) is 0 Å². The highest BCUT2D eigenvalue weighted by Crippen LogP contribution is 2.24. The van der Waals surface area contributed by atoms with Gasteiger partial charge in [0.25, 0.3) is 0 Å². The van der Waals surface area contributed by atoms with Crippen LogP contribution in [0.1, 0.15) is 17.2 Å². The zero-order valence-corrected chi connectivity index (χ0v) is 15.0. The lowest BCUT2D eigenvalue weighted by atomic mass is 10.0. The lowest BCUT2D eigenvalue weighted by molar-refractivity contribution is -0.134. The van der Waals surface area contributed by atoms with Gasteiger partial charge in [-0.1, -0.05) is 66.7 Å². The summed E-state index contributed by atoms with van der Waals surface area (Å²) in [7, 11) is 5.62. The summed E-state index contributed by atoms with van der Waals surface area (Å²) < 4.78 is 0. The van der Waals surface area contributed by atoms with E-state index in [1.54, 1.807) is 4.90 Å². The number of benzene rings is 3. The Labute approximate surface area is 149 Å². The fourth-order valence-electron chi connectivity index (χ4n) is 3.18. The van der Waals surface area contributed by atoms with E-state index < -0.39 is 0 Å². The van der Waals surface area contributed by atoms with Gasteiger partial charge in [0, 0.05) is 20.6 Å². The Morgan fingerprint density at radius 2 is 1.48 bits per heavy atom. The van der Waals surface area contributed by atoms with Gasteiger partial charge < -0.3 is 4.90 Å². The van der Waals surface area contributed by atoms with Gasteiger partial charge in [-0.3, -0.25) is 9.69 Å². The summed E-state index contributed by atoms with van der Waals surface area (Å²) in [5, 5.41) is 2.46. The molecule has 0 aliphatic rings. The minimum Gasteiger partial charge on any atom is -0.347 e. The Bertz CT molecular complexity index is 858. The third-order valence-corrected chi connectivity index (χ3v) is 4.48. The zero-order valence-electron chi connectivity index (χ0n) is 15.0. The molecule has 0 fully saturated rings. The summed E-state index contributed by atoms with van der Waals surface area (Å²) in [5.74, 6) is 0.0921. The average Bonchev–Trinajstić information content (AvgIpc) is 2.62. The number of carbonyl (C=O) groups is 1. The number of carbonyl (C=O) groups excluding carboxylic acids is 1. The van der Waals surface area contributed by atoms with Gasteiger partial charge in [0.1, 0.15) is 6.04 Å². The second-order valence-corrected chi connectivity index (χ2v) is 6.64.